The smallest absolute Gasteiger partial charge is 0.337 e. The molecule has 7 heteroatoms. The van der Waals surface area contributed by atoms with E-state index in [0.717, 1.165) is 31.6 Å². The Labute approximate surface area is 195 Å². The highest BCUT2D eigenvalue weighted by molar-refractivity contribution is 5.88. The molecular weight excluding hydrogens is 423 g/mol. The molecule has 0 spiro atoms. The van der Waals surface area contributed by atoms with Crippen LogP contribution in [0.4, 0.5) is 10.1 Å². The molecule has 1 unspecified atom stereocenters. The number of aliphatic carboxylic acids is 1. The Morgan fingerprint density at radius 2 is 1.85 bits per heavy atom. The summed E-state index contributed by atoms with van der Waals surface area (Å²) in [5.41, 5.74) is 2.47. The van der Waals surface area contributed by atoms with Gasteiger partial charge in [-0.25, -0.2) is 9.18 Å². The fraction of sp³-hybridized carbons (Fsp3) is 0.538. The fourth-order valence-corrected chi connectivity index (χ4v) is 4.27. The molecule has 1 aromatic heterocycles. The van der Waals surface area contributed by atoms with Crippen molar-refractivity contribution in [3.8, 4) is 16.9 Å². The number of carbonyl (C=O) groups is 1. The monoisotopic (exact) mass is 458 g/mol. The Kier molecular flexibility index (Phi) is 7.03. The van der Waals surface area contributed by atoms with Crippen LogP contribution < -0.4 is 9.64 Å². The van der Waals surface area contributed by atoms with Crippen LogP contribution in [-0.2, 0) is 9.53 Å². The molecule has 1 saturated heterocycles. The lowest BCUT2D eigenvalue weighted by Crippen LogP contribution is -2.39. The van der Waals surface area contributed by atoms with Gasteiger partial charge >= 0.3 is 5.97 Å². The molecule has 2 aromatic rings. The molecule has 0 radical (unpaired) electrons. The van der Waals surface area contributed by atoms with Gasteiger partial charge in [0.1, 0.15) is 11.6 Å². The first kappa shape index (κ1) is 25.0. The van der Waals surface area contributed by atoms with Gasteiger partial charge in [0.05, 0.1) is 18.4 Å². The second-order valence-corrected chi connectivity index (χ2v) is 10.5. The highest BCUT2D eigenvalue weighted by Gasteiger charge is 2.36. The summed E-state index contributed by atoms with van der Waals surface area (Å²) >= 11 is 0. The van der Waals surface area contributed by atoms with E-state index in [-0.39, 0.29) is 5.41 Å². The number of benzene rings is 1. The third-order valence-corrected chi connectivity index (χ3v) is 6.13. The summed E-state index contributed by atoms with van der Waals surface area (Å²) in [6, 6.07) is 4.33. The lowest BCUT2D eigenvalue weighted by atomic mass is 9.82. The van der Waals surface area contributed by atoms with E-state index in [2.05, 4.69) is 23.7 Å². The number of carboxylic acid groups (broad SMARTS) is 1. The first-order valence-electron chi connectivity index (χ1n) is 11.3. The minimum absolute atomic E-state index is 0.198. The van der Waals surface area contributed by atoms with Crippen molar-refractivity contribution >= 4 is 11.7 Å². The number of aromatic nitrogens is 1. The summed E-state index contributed by atoms with van der Waals surface area (Å²) in [6.07, 6.45) is 2.36. The molecule has 33 heavy (non-hydrogen) atoms. The summed E-state index contributed by atoms with van der Waals surface area (Å²) in [4.78, 5) is 19.2. The van der Waals surface area contributed by atoms with Crippen molar-refractivity contribution in [1.29, 1.82) is 0 Å². The standard InChI is InChI=1S/C26H35FN2O4/c1-16-21(23(24(30)31)33-25(2,3)4)22(29-12-10-26(5,6)11-13-29)19(15-28-16)18-14-17(27)8-9-20(18)32-7/h8-9,14-15,23H,10-13H2,1-7H3,(H,30,31). The number of hydrogen-bond acceptors (Lipinski definition) is 5. The zero-order valence-electron chi connectivity index (χ0n) is 20.7. The molecular formula is C26H35FN2O4. The van der Waals surface area contributed by atoms with Gasteiger partial charge in [-0.1, -0.05) is 13.8 Å². The number of nitrogens with zero attached hydrogens (tertiary/aromatic N) is 2. The van der Waals surface area contributed by atoms with E-state index in [9.17, 15) is 14.3 Å². The highest BCUT2D eigenvalue weighted by atomic mass is 19.1. The molecule has 0 amide bonds. The van der Waals surface area contributed by atoms with Crippen molar-refractivity contribution in [2.24, 2.45) is 5.41 Å². The van der Waals surface area contributed by atoms with Gasteiger partial charge in [-0.3, -0.25) is 4.98 Å². The van der Waals surface area contributed by atoms with Crippen LogP contribution in [0.2, 0.25) is 0 Å². The maximum atomic E-state index is 14.3. The van der Waals surface area contributed by atoms with E-state index in [4.69, 9.17) is 9.47 Å². The number of ether oxygens (including phenoxy) is 2. The largest absolute Gasteiger partial charge is 0.496 e. The Morgan fingerprint density at radius 1 is 1.21 bits per heavy atom. The Bertz CT molecular complexity index is 1020. The van der Waals surface area contributed by atoms with Crippen LogP contribution in [0.25, 0.3) is 11.1 Å². The van der Waals surface area contributed by atoms with E-state index in [1.165, 1.54) is 19.2 Å². The molecule has 6 nitrogen and oxygen atoms in total. The topological polar surface area (TPSA) is 71.9 Å². The molecule has 0 bridgehead atoms. The van der Waals surface area contributed by atoms with Crippen molar-refractivity contribution in [2.45, 2.75) is 66.1 Å². The fourth-order valence-electron chi connectivity index (χ4n) is 4.27. The lowest BCUT2D eigenvalue weighted by molar-refractivity contribution is -0.160. The second kappa shape index (κ2) is 9.29. The average Bonchev–Trinajstić information content (AvgIpc) is 2.71. The molecule has 0 aliphatic carbocycles. The first-order valence-corrected chi connectivity index (χ1v) is 11.3. The van der Waals surface area contributed by atoms with Crippen LogP contribution in [0.1, 0.15) is 64.8 Å². The molecule has 1 aromatic carbocycles. The van der Waals surface area contributed by atoms with Crippen LogP contribution in [-0.4, -0.2) is 41.9 Å². The van der Waals surface area contributed by atoms with Crippen LogP contribution >= 0.6 is 0 Å². The molecule has 1 aliphatic heterocycles. The van der Waals surface area contributed by atoms with Crippen molar-refractivity contribution in [3.63, 3.8) is 0 Å². The van der Waals surface area contributed by atoms with E-state index in [0.29, 0.717) is 28.1 Å². The highest BCUT2D eigenvalue weighted by Crippen LogP contribution is 2.45. The SMILES string of the molecule is COc1ccc(F)cc1-c1cnc(C)c(C(OC(C)(C)C)C(=O)O)c1N1CCC(C)(C)CC1. The molecule has 1 aliphatic rings. The van der Waals surface area contributed by atoms with Crippen LogP contribution in [0, 0.1) is 18.2 Å². The zero-order valence-corrected chi connectivity index (χ0v) is 20.7. The maximum Gasteiger partial charge on any atom is 0.337 e. The summed E-state index contributed by atoms with van der Waals surface area (Å²) < 4.78 is 25.9. The first-order chi connectivity index (χ1) is 15.3. The predicted octanol–water partition coefficient (Wildman–Crippen LogP) is 5.77. The zero-order chi connectivity index (χ0) is 24.6. The summed E-state index contributed by atoms with van der Waals surface area (Å²) in [5.74, 6) is -0.994. The van der Waals surface area contributed by atoms with Gasteiger partial charge in [0.2, 0.25) is 0 Å². The molecule has 0 saturated carbocycles. The van der Waals surface area contributed by atoms with Gasteiger partial charge in [-0.15, -0.1) is 0 Å². The van der Waals surface area contributed by atoms with Crippen LogP contribution in [0.5, 0.6) is 5.75 Å². The number of anilines is 1. The number of hydrogen-bond donors (Lipinski definition) is 1. The van der Waals surface area contributed by atoms with Crippen molar-refractivity contribution in [1.82, 2.24) is 4.98 Å². The summed E-state index contributed by atoms with van der Waals surface area (Å²) in [7, 11) is 1.53. The third kappa shape index (κ3) is 5.64. The van der Waals surface area contributed by atoms with E-state index in [1.807, 2.05) is 20.8 Å². The van der Waals surface area contributed by atoms with Crippen LogP contribution in [0.15, 0.2) is 24.4 Å². The molecule has 180 valence electrons. The van der Waals surface area contributed by atoms with Gasteiger partial charge in [0, 0.05) is 41.7 Å². The van der Waals surface area contributed by atoms with Crippen LogP contribution in [0.3, 0.4) is 0 Å². The van der Waals surface area contributed by atoms with E-state index < -0.39 is 23.5 Å². The van der Waals surface area contributed by atoms with Gasteiger partial charge in [-0.05, 0) is 64.2 Å². The van der Waals surface area contributed by atoms with Gasteiger partial charge in [0.15, 0.2) is 6.10 Å². The quantitative estimate of drug-likeness (QED) is 0.592. The number of methoxy groups -OCH3 is 1. The Morgan fingerprint density at radius 3 is 2.39 bits per heavy atom. The normalized spacial score (nSPS) is 17.0. The number of aryl methyl sites for hydroxylation is 1. The minimum Gasteiger partial charge on any atom is -0.496 e. The molecule has 1 fully saturated rings. The lowest BCUT2D eigenvalue weighted by Gasteiger charge is -2.41. The molecule has 1 N–H and O–H groups in total. The maximum absolute atomic E-state index is 14.3. The van der Waals surface area contributed by atoms with Crippen molar-refractivity contribution in [3.05, 3.63) is 41.5 Å². The van der Waals surface area contributed by atoms with Gasteiger partial charge in [-0.2, -0.15) is 0 Å². The Hall–Kier alpha value is -2.67. The predicted molar refractivity (Wildman–Crippen MR) is 127 cm³/mol. The van der Waals surface area contributed by atoms with Crippen molar-refractivity contribution < 1.29 is 23.8 Å². The Balaban J connectivity index is 2.30. The van der Waals surface area contributed by atoms with Gasteiger partial charge < -0.3 is 19.5 Å². The molecule has 3 rings (SSSR count). The number of carboxylic acids is 1. The third-order valence-electron chi connectivity index (χ3n) is 6.13. The van der Waals surface area contributed by atoms with E-state index >= 15 is 0 Å². The average molecular weight is 459 g/mol. The minimum atomic E-state index is -1.22. The summed E-state index contributed by atoms with van der Waals surface area (Å²) in [5, 5.41) is 10.2. The number of piperidine rings is 1. The number of rotatable bonds is 6. The van der Waals surface area contributed by atoms with Gasteiger partial charge in [0.25, 0.3) is 0 Å². The number of halogens is 1. The van der Waals surface area contributed by atoms with E-state index in [1.54, 1.807) is 19.2 Å². The second-order valence-electron chi connectivity index (χ2n) is 10.5. The molecule has 2 heterocycles. The number of pyridine rings is 1. The van der Waals surface area contributed by atoms with Crippen molar-refractivity contribution in [2.75, 3.05) is 25.1 Å². The summed E-state index contributed by atoms with van der Waals surface area (Å²) in [6.45, 7) is 13.2. The molecule has 1 atom stereocenters.